The highest BCUT2D eigenvalue weighted by molar-refractivity contribution is 5.91. The smallest absolute Gasteiger partial charge is 0.344 e. The molecule has 0 bridgehead atoms. The molecule has 1 heterocycles. The van der Waals surface area contributed by atoms with Crippen molar-refractivity contribution in [3.05, 3.63) is 76.5 Å². The number of esters is 1. The number of hydrogen-bond acceptors (Lipinski definition) is 3. The predicted molar refractivity (Wildman–Crippen MR) is 98.6 cm³/mol. The highest BCUT2D eigenvalue weighted by Crippen LogP contribution is 2.24. The number of ether oxygens (including phenoxy) is 1. The second-order valence-corrected chi connectivity index (χ2v) is 6.28. The molecule has 0 spiro atoms. The Kier molecular flexibility index (Phi) is 4.70. The van der Waals surface area contributed by atoms with E-state index in [4.69, 9.17) is 4.74 Å². The molecular weight excluding hydrogens is 312 g/mol. The van der Waals surface area contributed by atoms with Gasteiger partial charge in [-0.2, -0.15) is 5.10 Å². The second-order valence-electron chi connectivity index (χ2n) is 6.28. The van der Waals surface area contributed by atoms with E-state index >= 15 is 0 Å². The Labute approximate surface area is 148 Å². The van der Waals surface area contributed by atoms with Crippen LogP contribution >= 0.6 is 0 Å². The Morgan fingerprint density at radius 3 is 2.32 bits per heavy atom. The highest BCUT2D eigenvalue weighted by Gasteiger charge is 2.16. The number of nitrogens with zero attached hydrogens (tertiary/aromatic N) is 2. The fourth-order valence-corrected chi connectivity index (χ4v) is 2.71. The SMILES string of the molecule is CCc1cc(OC(=O)c2ccc(C)cc2)n(-c2ccc(C)cc2C)n1. The molecule has 3 aromatic rings. The minimum absolute atomic E-state index is 0.381. The molecule has 4 nitrogen and oxygen atoms in total. The number of aromatic nitrogens is 2. The third-order valence-corrected chi connectivity index (χ3v) is 4.15. The monoisotopic (exact) mass is 334 g/mol. The zero-order valence-corrected chi connectivity index (χ0v) is 15.0. The van der Waals surface area contributed by atoms with E-state index < -0.39 is 0 Å². The second kappa shape index (κ2) is 6.93. The van der Waals surface area contributed by atoms with Crippen molar-refractivity contribution in [3.63, 3.8) is 0 Å². The maximum atomic E-state index is 12.5. The average molecular weight is 334 g/mol. The molecule has 0 unspecified atom stereocenters. The van der Waals surface area contributed by atoms with Gasteiger partial charge >= 0.3 is 5.97 Å². The largest absolute Gasteiger partial charge is 0.404 e. The van der Waals surface area contributed by atoms with Gasteiger partial charge in [0.2, 0.25) is 5.88 Å². The van der Waals surface area contributed by atoms with Gasteiger partial charge < -0.3 is 4.74 Å². The van der Waals surface area contributed by atoms with Gasteiger partial charge in [-0.1, -0.05) is 42.3 Å². The Hall–Kier alpha value is -2.88. The lowest BCUT2D eigenvalue weighted by Gasteiger charge is -2.11. The molecule has 4 heteroatoms. The van der Waals surface area contributed by atoms with Crippen molar-refractivity contribution in [2.45, 2.75) is 34.1 Å². The Morgan fingerprint density at radius 1 is 1.00 bits per heavy atom. The average Bonchev–Trinajstić information content (AvgIpc) is 2.98. The van der Waals surface area contributed by atoms with Gasteiger partial charge in [-0.15, -0.1) is 0 Å². The number of aryl methyl sites for hydroxylation is 4. The van der Waals surface area contributed by atoms with Crippen molar-refractivity contribution in [3.8, 4) is 11.6 Å². The summed E-state index contributed by atoms with van der Waals surface area (Å²) in [6.07, 6.45) is 0.771. The van der Waals surface area contributed by atoms with E-state index in [0.717, 1.165) is 28.9 Å². The van der Waals surface area contributed by atoms with Crippen LogP contribution in [-0.4, -0.2) is 15.7 Å². The molecule has 0 saturated heterocycles. The highest BCUT2D eigenvalue weighted by atomic mass is 16.5. The van der Waals surface area contributed by atoms with Crippen molar-refractivity contribution in [1.82, 2.24) is 9.78 Å². The van der Waals surface area contributed by atoms with Crippen molar-refractivity contribution < 1.29 is 9.53 Å². The molecule has 0 saturated carbocycles. The number of carbonyl (C=O) groups excluding carboxylic acids is 1. The van der Waals surface area contributed by atoms with Crippen LogP contribution in [0.1, 0.15) is 39.7 Å². The van der Waals surface area contributed by atoms with Crippen LogP contribution in [0.4, 0.5) is 0 Å². The summed E-state index contributed by atoms with van der Waals surface area (Å²) in [7, 11) is 0. The zero-order chi connectivity index (χ0) is 18.0. The number of rotatable bonds is 4. The topological polar surface area (TPSA) is 44.1 Å². The minimum atomic E-state index is -0.381. The summed E-state index contributed by atoms with van der Waals surface area (Å²) < 4.78 is 7.36. The van der Waals surface area contributed by atoms with E-state index in [0.29, 0.717) is 11.4 Å². The summed E-state index contributed by atoms with van der Waals surface area (Å²) in [5.41, 5.74) is 5.69. The van der Waals surface area contributed by atoms with Gasteiger partial charge in [-0.25, -0.2) is 9.48 Å². The van der Waals surface area contributed by atoms with Gasteiger partial charge in [0.05, 0.1) is 16.9 Å². The van der Waals surface area contributed by atoms with Gasteiger partial charge in [0.1, 0.15) is 0 Å². The quantitative estimate of drug-likeness (QED) is 0.656. The minimum Gasteiger partial charge on any atom is -0.404 e. The standard InChI is InChI=1S/C21H22N2O2/c1-5-18-13-20(25-21(24)17-9-6-14(2)7-10-17)23(22-18)19-11-8-15(3)12-16(19)4/h6-13H,5H2,1-4H3. The third-order valence-electron chi connectivity index (χ3n) is 4.15. The maximum absolute atomic E-state index is 12.5. The molecule has 0 N–H and O–H groups in total. The summed E-state index contributed by atoms with van der Waals surface area (Å²) in [5, 5.41) is 4.59. The molecule has 3 rings (SSSR count). The molecule has 0 radical (unpaired) electrons. The van der Waals surface area contributed by atoms with Crippen LogP contribution in [0.3, 0.4) is 0 Å². The van der Waals surface area contributed by atoms with Crippen molar-refractivity contribution >= 4 is 5.97 Å². The first-order valence-corrected chi connectivity index (χ1v) is 8.43. The molecule has 2 aromatic carbocycles. The maximum Gasteiger partial charge on any atom is 0.344 e. The summed E-state index contributed by atoms with van der Waals surface area (Å²) in [5.74, 6) is 0.0583. The predicted octanol–water partition coefficient (Wildman–Crippen LogP) is 4.58. The lowest BCUT2D eigenvalue weighted by Crippen LogP contribution is -2.12. The first kappa shape index (κ1) is 17.0. The van der Waals surface area contributed by atoms with Crippen molar-refractivity contribution in [1.29, 1.82) is 0 Å². The first-order valence-electron chi connectivity index (χ1n) is 8.43. The number of hydrogen-bond donors (Lipinski definition) is 0. The van der Waals surface area contributed by atoms with Crippen LogP contribution in [0.5, 0.6) is 5.88 Å². The normalized spacial score (nSPS) is 10.7. The molecule has 0 aliphatic heterocycles. The van der Waals surface area contributed by atoms with E-state index in [1.165, 1.54) is 5.56 Å². The van der Waals surface area contributed by atoms with E-state index in [9.17, 15) is 4.79 Å². The Morgan fingerprint density at radius 2 is 1.68 bits per heavy atom. The summed E-state index contributed by atoms with van der Waals surface area (Å²) in [6.45, 7) is 8.09. The van der Waals surface area contributed by atoms with Gasteiger partial charge in [0, 0.05) is 6.07 Å². The lowest BCUT2D eigenvalue weighted by atomic mass is 10.1. The Balaban J connectivity index is 1.97. The number of carbonyl (C=O) groups is 1. The molecule has 25 heavy (non-hydrogen) atoms. The van der Waals surface area contributed by atoms with E-state index in [-0.39, 0.29) is 5.97 Å². The first-order chi connectivity index (χ1) is 12.0. The summed E-state index contributed by atoms with van der Waals surface area (Å²) >= 11 is 0. The van der Waals surface area contributed by atoms with Gasteiger partial charge in [0.25, 0.3) is 0 Å². The molecule has 0 atom stereocenters. The fourth-order valence-electron chi connectivity index (χ4n) is 2.71. The lowest BCUT2D eigenvalue weighted by molar-refractivity contribution is 0.0723. The third kappa shape index (κ3) is 3.63. The molecule has 128 valence electrons. The van der Waals surface area contributed by atoms with Crippen LogP contribution in [0.25, 0.3) is 5.69 Å². The van der Waals surface area contributed by atoms with Gasteiger partial charge in [-0.05, 0) is 51.0 Å². The molecule has 0 aliphatic carbocycles. The summed E-state index contributed by atoms with van der Waals surface area (Å²) in [6, 6.07) is 15.3. The molecule has 0 fully saturated rings. The van der Waals surface area contributed by atoms with Crippen LogP contribution < -0.4 is 4.74 Å². The Bertz CT molecular complexity index is 908. The number of benzene rings is 2. The van der Waals surface area contributed by atoms with Gasteiger partial charge in [-0.3, -0.25) is 0 Å². The van der Waals surface area contributed by atoms with E-state index in [1.54, 1.807) is 16.8 Å². The van der Waals surface area contributed by atoms with Crippen LogP contribution in [-0.2, 0) is 6.42 Å². The van der Waals surface area contributed by atoms with Crippen LogP contribution in [0.15, 0.2) is 48.5 Å². The van der Waals surface area contributed by atoms with Crippen molar-refractivity contribution in [2.24, 2.45) is 0 Å². The van der Waals surface area contributed by atoms with Gasteiger partial charge in [0.15, 0.2) is 0 Å². The van der Waals surface area contributed by atoms with Crippen LogP contribution in [0.2, 0.25) is 0 Å². The van der Waals surface area contributed by atoms with E-state index in [2.05, 4.69) is 18.1 Å². The molecule has 1 aromatic heterocycles. The van der Waals surface area contributed by atoms with Crippen LogP contribution in [0, 0.1) is 20.8 Å². The van der Waals surface area contributed by atoms with E-state index in [1.807, 2.05) is 51.1 Å². The fraction of sp³-hybridized carbons (Fsp3) is 0.238. The molecular formula is C21H22N2O2. The zero-order valence-electron chi connectivity index (χ0n) is 15.0. The van der Waals surface area contributed by atoms with Crippen molar-refractivity contribution in [2.75, 3.05) is 0 Å². The molecule has 0 amide bonds. The summed E-state index contributed by atoms with van der Waals surface area (Å²) in [4.78, 5) is 12.5. The molecule has 0 aliphatic rings.